The second kappa shape index (κ2) is 5.66. The van der Waals surface area contributed by atoms with Crippen molar-refractivity contribution in [1.82, 2.24) is 9.97 Å². The lowest BCUT2D eigenvalue weighted by Crippen LogP contribution is -1.87. The molecule has 0 saturated carbocycles. The van der Waals surface area contributed by atoms with E-state index in [-0.39, 0.29) is 11.5 Å². The van der Waals surface area contributed by atoms with Crippen molar-refractivity contribution in [3.8, 4) is 33.8 Å². The second-order valence-corrected chi connectivity index (χ2v) is 5.57. The third-order valence-corrected chi connectivity index (χ3v) is 4.03. The summed E-state index contributed by atoms with van der Waals surface area (Å²) in [6, 6.07) is 16.7. The van der Waals surface area contributed by atoms with Crippen LogP contribution < -0.4 is 0 Å². The van der Waals surface area contributed by atoms with E-state index in [0.717, 1.165) is 33.0 Å². The summed E-state index contributed by atoms with van der Waals surface area (Å²) < 4.78 is 0. The van der Waals surface area contributed by atoms with Gasteiger partial charge in [-0.2, -0.15) is 0 Å². The number of nitrogens with zero attached hydrogens (tertiary/aromatic N) is 2. The smallest absolute Gasteiger partial charge is 0.124 e. The summed E-state index contributed by atoms with van der Waals surface area (Å²) in [5.41, 5.74) is 3.43. The van der Waals surface area contributed by atoms with Crippen molar-refractivity contribution in [3.05, 3.63) is 73.3 Å². The minimum absolute atomic E-state index is 0.197. The Morgan fingerprint density at radius 2 is 1.50 bits per heavy atom. The maximum absolute atomic E-state index is 10.3. The molecule has 0 amide bonds. The molecular formula is C20H14N2O2. The highest BCUT2D eigenvalue weighted by Gasteiger charge is 2.11. The van der Waals surface area contributed by atoms with Gasteiger partial charge in [0.25, 0.3) is 0 Å². The van der Waals surface area contributed by atoms with E-state index in [1.165, 1.54) is 6.33 Å². The van der Waals surface area contributed by atoms with Crippen LogP contribution in [0.3, 0.4) is 0 Å². The van der Waals surface area contributed by atoms with Gasteiger partial charge in [0.05, 0.1) is 0 Å². The molecule has 116 valence electrons. The summed E-state index contributed by atoms with van der Waals surface area (Å²) in [5.74, 6) is 0.433. The van der Waals surface area contributed by atoms with Gasteiger partial charge in [0.1, 0.15) is 17.8 Å². The minimum atomic E-state index is 0.197. The Bertz CT molecular complexity index is 1030. The molecule has 0 saturated heterocycles. The van der Waals surface area contributed by atoms with Gasteiger partial charge >= 0.3 is 0 Å². The fourth-order valence-electron chi connectivity index (χ4n) is 2.91. The van der Waals surface area contributed by atoms with Crippen LogP contribution >= 0.6 is 0 Å². The van der Waals surface area contributed by atoms with Gasteiger partial charge in [-0.25, -0.2) is 9.97 Å². The van der Waals surface area contributed by atoms with E-state index in [0.29, 0.717) is 0 Å². The van der Waals surface area contributed by atoms with Crippen LogP contribution in [0.5, 0.6) is 11.5 Å². The Hall–Kier alpha value is -3.40. The van der Waals surface area contributed by atoms with Crippen LogP contribution in [0.2, 0.25) is 0 Å². The van der Waals surface area contributed by atoms with E-state index >= 15 is 0 Å². The van der Waals surface area contributed by atoms with Crippen molar-refractivity contribution in [1.29, 1.82) is 0 Å². The third-order valence-electron chi connectivity index (χ3n) is 4.03. The lowest BCUT2D eigenvalue weighted by molar-refractivity contribution is 0.475. The molecule has 0 aliphatic heterocycles. The molecule has 2 N–H and O–H groups in total. The first-order valence-electron chi connectivity index (χ1n) is 7.53. The molecule has 4 heteroatoms. The van der Waals surface area contributed by atoms with Crippen LogP contribution in [0.25, 0.3) is 33.0 Å². The number of hydrogen-bond donors (Lipinski definition) is 2. The Kier molecular flexibility index (Phi) is 3.35. The Morgan fingerprint density at radius 1 is 0.708 bits per heavy atom. The monoisotopic (exact) mass is 314 g/mol. The molecule has 4 aromatic rings. The predicted octanol–water partition coefficient (Wildman–Crippen LogP) is 4.38. The van der Waals surface area contributed by atoms with Gasteiger partial charge in [-0.3, -0.25) is 0 Å². The topological polar surface area (TPSA) is 66.2 Å². The lowest BCUT2D eigenvalue weighted by Gasteiger charge is -2.11. The quantitative estimate of drug-likeness (QED) is 0.576. The van der Waals surface area contributed by atoms with Gasteiger partial charge in [0, 0.05) is 23.5 Å². The predicted molar refractivity (Wildman–Crippen MR) is 93.7 cm³/mol. The second-order valence-electron chi connectivity index (χ2n) is 5.57. The highest BCUT2D eigenvalue weighted by atomic mass is 16.3. The highest BCUT2D eigenvalue weighted by Crippen LogP contribution is 2.37. The summed E-state index contributed by atoms with van der Waals surface area (Å²) in [6.07, 6.45) is 4.83. The maximum Gasteiger partial charge on any atom is 0.124 e. The van der Waals surface area contributed by atoms with Gasteiger partial charge in [0.15, 0.2) is 0 Å². The normalized spacial score (nSPS) is 10.8. The maximum atomic E-state index is 10.3. The minimum Gasteiger partial charge on any atom is -0.508 e. The van der Waals surface area contributed by atoms with Gasteiger partial charge in [-0.15, -0.1) is 0 Å². The first kappa shape index (κ1) is 14.2. The zero-order valence-electron chi connectivity index (χ0n) is 12.7. The van der Waals surface area contributed by atoms with E-state index in [9.17, 15) is 10.2 Å². The van der Waals surface area contributed by atoms with Crippen molar-refractivity contribution < 1.29 is 10.2 Å². The van der Waals surface area contributed by atoms with Crippen molar-refractivity contribution >= 4 is 10.8 Å². The molecule has 0 aliphatic carbocycles. The molecule has 0 atom stereocenters. The van der Waals surface area contributed by atoms with Crippen molar-refractivity contribution in [3.63, 3.8) is 0 Å². The summed E-state index contributed by atoms with van der Waals surface area (Å²) in [7, 11) is 0. The van der Waals surface area contributed by atoms with Crippen LogP contribution in [-0.4, -0.2) is 20.2 Å². The van der Waals surface area contributed by atoms with Crippen LogP contribution in [0, 0.1) is 0 Å². The van der Waals surface area contributed by atoms with E-state index in [4.69, 9.17) is 0 Å². The molecule has 0 unspecified atom stereocenters. The van der Waals surface area contributed by atoms with E-state index in [1.807, 2.05) is 36.4 Å². The van der Waals surface area contributed by atoms with Crippen molar-refractivity contribution in [2.45, 2.75) is 0 Å². The average Bonchev–Trinajstić information content (AvgIpc) is 2.62. The van der Waals surface area contributed by atoms with Crippen LogP contribution in [0.15, 0.2) is 73.3 Å². The summed E-state index contributed by atoms with van der Waals surface area (Å²) >= 11 is 0. The first-order chi connectivity index (χ1) is 11.7. The molecule has 4 rings (SSSR count). The molecule has 0 fully saturated rings. The van der Waals surface area contributed by atoms with Crippen molar-refractivity contribution in [2.24, 2.45) is 0 Å². The highest BCUT2D eigenvalue weighted by molar-refractivity contribution is 6.01. The number of aromatic nitrogens is 2. The van der Waals surface area contributed by atoms with Gasteiger partial charge < -0.3 is 10.2 Å². The number of benzene rings is 3. The van der Waals surface area contributed by atoms with Gasteiger partial charge in [0.2, 0.25) is 0 Å². The summed E-state index contributed by atoms with van der Waals surface area (Å²) in [5, 5.41) is 21.9. The van der Waals surface area contributed by atoms with Crippen LogP contribution in [0.1, 0.15) is 0 Å². The fourth-order valence-corrected chi connectivity index (χ4v) is 2.91. The molecule has 0 spiro atoms. The third kappa shape index (κ3) is 2.44. The molecule has 4 nitrogen and oxygen atoms in total. The zero-order valence-corrected chi connectivity index (χ0v) is 12.7. The molecule has 0 radical (unpaired) electrons. The van der Waals surface area contributed by atoms with E-state index in [2.05, 4.69) is 9.97 Å². The van der Waals surface area contributed by atoms with Gasteiger partial charge in [-0.1, -0.05) is 30.3 Å². The molecule has 1 aromatic heterocycles. The number of phenolic OH excluding ortho intramolecular Hbond substituents is 2. The zero-order chi connectivity index (χ0) is 16.5. The Balaban J connectivity index is 1.92. The van der Waals surface area contributed by atoms with Crippen molar-refractivity contribution in [2.75, 3.05) is 0 Å². The molecule has 24 heavy (non-hydrogen) atoms. The summed E-state index contributed by atoms with van der Waals surface area (Å²) in [4.78, 5) is 8.07. The van der Waals surface area contributed by atoms with Crippen LogP contribution in [-0.2, 0) is 0 Å². The number of fused-ring (bicyclic) bond motifs is 1. The van der Waals surface area contributed by atoms with E-state index < -0.39 is 0 Å². The molecule has 0 bridgehead atoms. The average molecular weight is 314 g/mol. The number of aromatic hydroxyl groups is 2. The molecule has 0 aliphatic rings. The molecular weight excluding hydrogens is 300 g/mol. The standard InChI is InChI=1S/C20H14N2O2/c23-17-3-1-2-13(9-17)14-4-6-18-15(8-14)5-7-19(24)20(18)16-10-21-12-22-11-16/h1-12,23-24H. The lowest BCUT2D eigenvalue weighted by atomic mass is 9.95. The summed E-state index contributed by atoms with van der Waals surface area (Å²) in [6.45, 7) is 0. The SMILES string of the molecule is Oc1cccc(-c2ccc3c(-c4cncnc4)c(O)ccc3c2)c1. The molecule has 1 heterocycles. The first-order valence-corrected chi connectivity index (χ1v) is 7.53. The number of phenols is 2. The fraction of sp³-hybridized carbons (Fsp3) is 0. The van der Waals surface area contributed by atoms with Crippen LogP contribution in [0.4, 0.5) is 0 Å². The largest absolute Gasteiger partial charge is 0.508 e. The molecule has 3 aromatic carbocycles. The van der Waals surface area contributed by atoms with Gasteiger partial charge in [-0.05, 0) is 46.2 Å². The van der Waals surface area contributed by atoms with E-state index in [1.54, 1.807) is 30.6 Å². The Labute approximate surface area is 138 Å². The number of hydrogen-bond acceptors (Lipinski definition) is 4. The Morgan fingerprint density at radius 3 is 2.29 bits per heavy atom. The number of rotatable bonds is 2.